The second kappa shape index (κ2) is 6.18. The van der Waals surface area contributed by atoms with E-state index in [4.69, 9.17) is 28.3 Å². The van der Waals surface area contributed by atoms with Crippen molar-refractivity contribution in [3.8, 4) is 0 Å². The molecule has 0 aliphatic carbocycles. The van der Waals surface area contributed by atoms with Crippen molar-refractivity contribution in [2.75, 3.05) is 0 Å². The van der Waals surface area contributed by atoms with Gasteiger partial charge < -0.3 is 5.11 Å². The van der Waals surface area contributed by atoms with Gasteiger partial charge in [-0.15, -0.1) is 0 Å². The second-order valence-electron chi connectivity index (χ2n) is 5.07. The first-order valence-corrected chi connectivity index (χ1v) is 7.78. The van der Waals surface area contributed by atoms with E-state index in [0.717, 1.165) is 11.3 Å². The number of hydrogen-bond donors (Lipinski definition) is 1. The number of benzene rings is 1. The molecule has 3 aromatic rings. The summed E-state index contributed by atoms with van der Waals surface area (Å²) in [5.41, 5.74) is 3.12. The number of aromatic nitrogens is 3. The maximum absolute atomic E-state index is 11.2. The van der Waals surface area contributed by atoms with Gasteiger partial charge in [0.2, 0.25) is 0 Å². The summed E-state index contributed by atoms with van der Waals surface area (Å²) in [4.78, 5) is 15.4. The van der Waals surface area contributed by atoms with Crippen molar-refractivity contribution >= 4 is 40.2 Å². The standard InChI is InChI=1S/C16H13Cl2N3O2/c1-2-12-15-13(6-10(7-19-15)16(22)23)21(20-12)8-9-4-3-5-11(17)14(9)18/h3-7H,2,8H2,1H3,(H,22,23). The first-order valence-electron chi connectivity index (χ1n) is 7.03. The number of aryl methyl sites for hydroxylation is 1. The minimum absolute atomic E-state index is 0.124. The number of halogens is 2. The van der Waals surface area contributed by atoms with E-state index in [0.29, 0.717) is 34.0 Å². The van der Waals surface area contributed by atoms with E-state index in [1.54, 1.807) is 16.8 Å². The van der Waals surface area contributed by atoms with Crippen LogP contribution in [0.2, 0.25) is 10.0 Å². The number of carboxylic acids is 1. The van der Waals surface area contributed by atoms with Crippen LogP contribution in [0.4, 0.5) is 0 Å². The Morgan fingerprint density at radius 2 is 2.13 bits per heavy atom. The highest BCUT2D eigenvalue weighted by Gasteiger charge is 2.15. The van der Waals surface area contributed by atoms with Gasteiger partial charge in [0.25, 0.3) is 0 Å². The van der Waals surface area contributed by atoms with Crippen LogP contribution in [0.5, 0.6) is 0 Å². The van der Waals surface area contributed by atoms with E-state index in [1.165, 1.54) is 6.20 Å². The third-order valence-corrected chi connectivity index (χ3v) is 4.45. The molecule has 3 rings (SSSR count). The first kappa shape index (κ1) is 15.8. The zero-order valence-electron chi connectivity index (χ0n) is 12.3. The summed E-state index contributed by atoms with van der Waals surface area (Å²) in [6.07, 6.45) is 2.05. The molecule has 0 fully saturated rings. The van der Waals surface area contributed by atoms with Crippen molar-refractivity contribution in [3.63, 3.8) is 0 Å². The zero-order chi connectivity index (χ0) is 16.6. The summed E-state index contributed by atoms with van der Waals surface area (Å²) >= 11 is 12.3. The molecule has 1 N–H and O–H groups in total. The molecule has 0 aliphatic heterocycles. The number of carbonyl (C=O) groups is 1. The fraction of sp³-hybridized carbons (Fsp3) is 0.188. The van der Waals surface area contributed by atoms with Crippen LogP contribution >= 0.6 is 23.2 Å². The fourth-order valence-corrected chi connectivity index (χ4v) is 2.81. The highest BCUT2D eigenvalue weighted by Crippen LogP contribution is 2.27. The third kappa shape index (κ3) is 2.90. The number of hydrogen-bond acceptors (Lipinski definition) is 3. The molecule has 2 aromatic heterocycles. The van der Waals surface area contributed by atoms with Gasteiger partial charge in [0.05, 0.1) is 33.4 Å². The molecule has 0 aliphatic rings. The predicted molar refractivity (Wildman–Crippen MR) is 89.4 cm³/mol. The molecule has 0 atom stereocenters. The topological polar surface area (TPSA) is 68.0 Å². The minimum atomic E-state index is -1.02. The van der Waals surface area contributed by atoms with Crippen LogP contribution in [0.1, 0.15) is 28.5 Å². The minimum Gasteiger partial charge on any atom is -0.478 e. The van der Waals surface area contributed by atoms with Gasteiger partial charge in [-0.05, 0) is 24.1 Å². The third-order valence-electron chi connectivity index (χ3n) is 3.59. The lowest BCUT2D eigenvalue weighted by Crippen LogP contribution is -2.04. The Kier molecular flexibility index (Phi) is 4.24. The Hall–Kier alpha value is -2.11. The molecule has 5 nitrogen and oxygen atoms in total. The molecule has 2 heterocycles. The number of fused-ring (bicyclic) bond motifs is 1. The van der Waals surface area contributed by atoms with Crippen LogP contribution in [-0.4, -0.2) is 25.8 Å². The Morgan fingerprint density at radius 1 is 1.35 bits per heavy atom. The van der Waals surface area contributed by atoms with E-state index in [1.807, 2.05) is 19.1 Å². The first-order chi connectivity index (χ1) is 11.0. The summed E-state index contributed by atoms with van der Waals surface area (Å²) in [7, 11) is 0. The Labute approximate surface area is 142 Å². The van der Waals surface area contributed by atoms with Crippen molar-refractivity contribution in [1.82, 2.24) is 14.8 Å². The monoisotopic (exact) mass is 349 g/mol. The highest BCUT2D eigenvalue weighted by molar-refractivity contribution is 6.42. The van der Waals surface area contributed by atoms with E-state index >= 15 is 0 Å². The number of nitrogens with zero attached hydrogens (tertiary/aromatic N) is 3. The summed E-state index contributed by atoms with van der Waals surface area (Å²) in [5, 5.41) is 14.6. The molecule has 0 saturated carbocycles. The van der Waals surface area contributed by atoms with Crippen LogP contribution < -0.4 is 0 Å². The number of rotatable bonds is 4. The van der Waals surface area contributed by atoms with Gasteiger partial charge in [-0.3, -0.25) is 9.67 Å². The molecule has 118 valence electrons. The Bertz CT molecular complexity index is 906. The molecule has 0 bridgehead atoms. The molecule has 1 aromatic carbocycles. The molecule has 0 unspecified atom stereocenters. The molecule has 0 amide bonds. The van der Waals surface area contributed by atoms with Crippen molar-refractivity contribution in [2.45, 2.75) is 19.9 Å². The maximum Gasteiger partial charge on any atom is 0.337 e. The summed E-state index contributed by atoms with van der Waals surface area (Å²) < 4.78 is 1.71. The SMILES string of the molecule is CCc1nn(Cc2cccc(Cl)c2Cl)c2cc(C(=O)O)cnc12. The van der Waals surface area contributed by atoms with Crippen molar-refractivity contribution in [2.24, 2.45) is 0 Å². The molecule has 7 heteroatoms. The van der Waals surface area contributed by atoms with Crippen LogP contribution in [-0.2, 0) is 13.0 Å². The lowest BCUT2D eigenvalue weighted by Gasteiger charge is -2.07. The van der Waals surface area contributed by atoms with E-state index < -0.39 is 5.97 Å². The average Bonchev–Trinajstić information content (AvgIpc) is 2.89. The molecular formula is C16H13Cl2N3O2. The largest absolute Gasteiger partial charge is 0.478 e. The fourth-order valence-electron chi connectivity index (χ4n) is 2.43. The molecular weight excluding hydrogens is 337 g/mol. The van der Waals surface area contributed by atoms with E-state index in [2.05, 4.69) is 10.1 Å². The van der Waals surface area contributed by atoms with Gasteiger partial charge in [0.15, 0.2) is 0 Å². The van der Waals surface area contributed by atoms with Crippen LogP contribution in [0.15, 0.2) is 30.5 Å². The number of carboxylic acid groups (broad SMARTS) is 1. The average molecular weight is 350 g/mol. The molecule has 0 spiro atoms. The molecule has 23 heavy (non-hydrogen) atoms. The number of pyridine rings is 1. The van der Waals surface area contributed by atoms with Crippen LogP contribution in [0.25, 0.3) is 11.0 Å². The summed E-state index contributed by atoms with van der Waals surface area (Å²) in [5.74, 6) is -1.02. The molecule has 0 saturated heterocycles. The van der Waals surface area contributed by atoms with Gasteiger partial charge in [0, 0.05) is 6.20 Å². The van der Waals surface area contributed by atoms with Gasteiger partial charge in [-0.2, -0.15) is 5.10 Å². The molecule has 0 radical (unpaired) electrons. The van der Waals surface area contributed by atoms with Crippen molar-refractivity contribution in [1.29, 1.82) is 0 Å². The second-order valence-corrected chi connectivity index (χ2v) is 5.85. The van der Waals surface area contributed by atoms with Gasteiger partial charge >= 0.3 is 5.97 Å². The predicted octanol–water partition coefficient (Wildman–Crippen LogP) is 4.05. The van der Waals surface area contributed by atoms with E-state index in [-0.39, 0.29) is 5.56 Å². The summed E-state index contributed by atoms with van der Waals surface area (Å²) in [6.45, 7) is 2.37. The number of aromatic carboxylic acids is 1. The van der Waals surface area contributed by atoms with Crippen molar-refractivity contribution in [3.05, 3.63) is 57.3 Å². The quantitative estimate of drug-likeness (QED) is 0.771. The van der Waals surface area contributed by atoms with Gasteiger partial charge in [-0.1, -0.05) is 42.3 Å². The highest BCUT2D eigenvalue weighted by atomic mass is 35.5. The van der Waals surface area contributed by atoms with Crippen LogP contribution in [0, 0.1) is 0 Å². The van der Waals surface area contributed by atoms with Crippen LogP contribution in [0.3, 0.4) is 0 Å². The summed E-state index contributed by atoms with van der Waals surface area (Å²) in [6, 6.07) is 6.98. The lowest BCUT2D eigenvalue weighted by atomic mass is 10.2. The Morgan fingerprint density at radius 3 is 2.83 bits per heavy atom. The normalized spacial score (nSPS) is 11.1. The Balaban J connectivity index is 2.14. The van der Waals surface area contributed by atoms with Gasteiger partial charge in [0.1, 0.15) is 5.52 Å². The zero-order valence-corrected chi connectivity index (χ0v) is 13.8. The van der Waals surface area contributed by atoms with E-state index in [9.17, 15) is 4.79 Å². The van der Waals surface area contributed by atoms with Crippen molar-refractivity contribution < 1.29 is 9.90 Å². The maximum atomic E-state index is 11.2. The smallest absolute Gasteiger partial charge is 0.337 e. The lowest BCUT2D eigenvalue weighted by molar-refractivity contribution is 0.0696. The van der Waals surface area contributed by atoms with Gasteiger partial charge in [-0.25, -0.2) is 4.79 Å².